The molecular formula is C18H19ClFN3O2. The molecule has 0 spiro atoms. The summed E-state index contributed by atoms with van der Waals surface area (Å²) in [5.41, 5.74) is 0.200. The molecule has 1 aromatic carbocycles. The minimum Gasteiger partial charge on any atom is -0.349 e. The molecule has 0 unspecified atom stereocenters. The highest BCUT2D eigenvalue weighted by Gasteiger charge is 2.28. The smallest absolute Gasteiger partial charge is 0.256 e. The Labute approximate surface area is 149 Å². The largest absolute Gasteiger partial charge is 0.349 e. The van der Waals surface area contributed by atoms with Gasteiger partial charge in [-0.2, -0.15) is 0 Å². The van der Waals surface area contributed by atoms with E-state index in [-0.39, 0.29) is 34.0 Å². The number of nitrogens with one attached hydrogen (secondary N) is 2. The number of halogens is 2. The Morgan fingerprint density at radius 3 is 2.64 bits per heavy atom. The molecule has 25 heavy (non-hydrogen) atoms. The molecule has 2 heterocycles. The molecule has 2 N–H and O–H groups in total. The van der Waals surface area contributed by atoms with E-state index in [1.54, 1.807) is 6.20 Å². The maximum absolute atomic E-state index is 13.9. The number of hydrogen-bond acceptors (Lipinski definition) is 3. The second-order valence-electron chi connectivity index (χ2n) is 6.79. The molecular weight excluding hydrogens is 345 g/mol. The molecule has 2 aliphatic rings. The Balaban J connectivity index is 1.78. The number of carbonyl (C=O) groups is 1. The van der Waals surface area contributed by atoms with Gasteiger partial charge in [-0.15, -0.1) is 0 Å². The molecule has 2 aromatic rings. The number of fused-ring (bicyclic) bond motifs is 1. The van der Waals surface area contributed by atoms with Crippen LogP contribution in [0.15, 0.2) is 23.1 Å². The third kappa shape index (κ3) is 3.16. The molecule has 0 bridgehead atoms. The van der Waals surface area contributed by atoms with Gasteiger partial charge in [-0.1, -0.05) is 11.6 Å². The maximum atomic E-state index is 13.9. The monoisotopic (exact) mass is 363 g/mol. The van der Waals surface area contributed by atoms with Gasteiger partial charge in [0, 0.05) is 23.7 Å². The van der Waals surface area contributed by atoms with Crippen LogP contribution < -0.4 is 16.1 Å². The van der Waals surface area contributed by atoms with E-state index in [9.17, 15) is 14.0 Å². The van der Waals surface area contributed by atoms with Gasteiger partial charge in [0.1, 0.15) is 11.4 Å². The van der Waals surface area contributed by atoms with Crippen LogP contribution in [-0.2, 0) is 0 Å². The number of hydrogen-bond donors (Lipinski definition) is 2. The molecule has 1 saturated heterocycles. The summed E-state index contributed by atoms with van der Waals surface area (Å²) in [5.74, 6) is -1.03. The predicted octanol–water partition coefficient (Wildman–Crippen LogP) is 2.61. The molecule has 7 heteroatoms. The molecule has 0 radical (unpaired) electrons. The van der Waals surface area contributed by atoms with E-state index < -0.39 is 11.2 Å². The van der Waals surface area contributed by atoms with Crippen molar-refractivity contribution in [2.24, 2.45) is 0 Å². The third-order valence-corrected chi connectivity index (χ3v) is 5.22. The van der Waals surface area contributed by atoms with Crippen molar-refractivity contribution in [1.82, 2.24) is 15.2 Å². The zero-order valence-corrected chi connectivity index (χ0v) is 14.4. The lowest BCUT2D eigenvalue weighted by Crippen LogP contribution is -2.44. The molecule has 5 nitrogen and oxygen atoms in total. The van der Waals surface area contributed by atoms with E-state index in [1.807, 2.05) is 4.57 Å². The summed E-state index contributed by atoms with van der Waals surface area (Å²) in [4.78, 5) is 25.4. The molecule has 1 saturated carbocycles. The summed E-state index contributed by atoms with van der Waals surface area (Å²) in [6.07, 6.45) is 5.22. The summed E-state index contributed by atoms with van der Waals surface area (Å²) >= 11 is 5.89. The average Bonchev–Trinajstić information content (AvgIpc) is 3.43. The molecule has 1 aliphatic carbocycles. The zero-order chi connectivity index (χ0) is 17.6. The van der Waals surface area contributed by atoms with Crippen molar-refractivity contribution >= 4 is 28.4 Å². The number of amides is 1. The first-order chi connectivity index (χ1) is 12.0. The number of nitrogens with zero attached hydrogens (tertiary/aromatic N) is 1. The number of benzene rings is 1. The van der Waals surface area contributed by atoms with Crippen LogP contribution in [0.25, 0.3) is 10.9 Å². The molecule has 0 atom stereocenters. The number of pyridine rings is 1. The highest BCUT2D eigenvalue weighted by atomic mass is 35.5. The van der Waals surface area contributed by atoms with Crippen molar-refractivity contribution in [3.63, 3.8) is 0 Å². The number of carbonyl (C=O) groups excluding carboxylic acids is 1. The van der Waals surface area contributed by atoms with Crippen molar-refractivity contribution < 1.29 is 9.18 Å². The second kappa shape index (κ2) is 6.42. The van der Waals surface area contributed by atoms with Gasteiger partial charge in [-0.3, -0.25) is 9.59 Å². The number of piperidine rings is 1. The predicted molar refractivity (Wildman–Crippen MR) is 94.8 cm³/mol. The lowest BCUT2D eigenvalue weighted by Gasteiger charge is -2.23. The molecule has 132 valence electrons. The standard InChI is InChI=1S/C18H19ClFN3O2/c19-14-8-16-12(7-15(14)20)17(24)13(9-23(16)11-1-2-11)18(25)22-10-3-5-21-6-4-10/h7-11,21H,1-6H2,(H,22,25). The summed E-state index contributed by atoms with van der Waals surface area (Å²) in [6.45, 7) is 1.69. The minimum atomic E-state index is -0.649. The molecule has 1 amide bonds. The van der Waals surface area contributed by atoms with E-state index >= 15 is 0 Å². The fourth-order valence-electron chi connectivity index (χ4n) is 3.39. The van der Waals surface area contributed by atoms with Gasteiger partial charge in [0.15, 0.2) is 0 Å². The highest BCUT2D eigenvalue weighted by molar-refractivity contribution is 6.31. The quantitative estimate of drug-likeness (QED) is 0.881. The van der Waals surface area contributed by atoms with E-state index in [4.69, 9.17) is 11.6 Å². The van der Waals surface area contributed by atoms with Crippen molar-refractivity contribution in [2.75, 3.05) is 13.1 Å². The summed E-state index contributed by atoms with van der Waals surface area (Å²) < 4.78 is 15.8. The third-order valence-electron chi connectivity index (χ3n) is 4.93. The minimum absolute atomic E-state index is 0.0202. The Kier molecular flexibility index (Phi) is 4.25. The molecule has 4 rings (SSSR count). The Bertz CT molecular complexity index is 901. The Hall–Kier alpha value is -1.92. The number of rotatable bonds is 3. The normalized spacial score (nSPS) is 18.5. The van der Waals surface area contributed by atoms with Crippen LogP contribution >= 0.6 is 11.6 Å². The van der Waals surface area contributed by atoms with Gasteiger partial charge in [0.2, 0.25) is 5.43 Å². The van der Waals surface area contributed by atoms with Crippen LogP contribution in [0, 0.1) is 5.82 Å². The van der Waals surface area contributed by atoms with Crippen molar-refractivity contribution in [3.05, 3.63) is 45.0 Å². The lowest BCUT2D eigenvalue weighted by atomic mass is 10.1. The summed E-state index contributed by atoms with van der Waals surface area (Å²) in [7, 11) is 0. The first-order valence-corrected chi connectivity index (χ1v) is 8.98. The fraction of sp³-hybridized carbons (Fsp3) is 0.444. The van der Waals surface area contributed by atoms with E-state index in [0.717, 1.165) is 44.8 Å². The first kappa shape index (κ1) is 16.5. The number of aromatic nitrogens is 1. The fourth-order valence-corrected chi connectivity index (χ4v) is 3.55. The van der Waals surface area contributed by atoms with Gasteiger partial charge in [-0.25, -0.2) is 4.39 Å². The second-order valence-corrected chi connectivity index (χ2v) is 7.20. The molecule has 1 aliphatic heterocycles. The topological polar surface area (TPSA) is 63.1 Å². The van der Waals surface area contributed by atoms with Crippen LogP contribution in [0.1, 0.15) is 42.1 Å². The van der Waals surface area contributed by atoms with Crippen LogP contribution in [0.3, 0.4) is 0 Å². The lowest BCUT2D eigenvalue weighted by molar-refractivity contribution is 0.0928. The van der Waals surface area contributed by atoms with E-state index in [0.29, 0.717) is 5.52 Å². The van der Waals surface area contributed by atoms with Crippen molar-refractivity contribution in [1.29, 1.82) is 0 Å². The van der Waals surface area contributed by atoms with Crippen LogP contribution in [-0.4, -0.2) is 29.6 Å². The first-order valence-electron chi connectivity index (χ1n) is 8.60. The van der Waals surface area contributed by atoms with Gasteiger partial charge in [0.05, 0.1) is 10.5 Å². The zero-order valence-electron chi connectivity index (χ0n) is 13.6. The van der Waals surface area contributed by atoms with E-state index in [1.165, 1.54) is 6.07 Å². The Morgan fingerprint density at radius 2 is 1.96 bits per heavy atom. The van der Waals surface area contributed by atoms with Gasteiger partial charge in [0.25, 0.3) is 5.91 Å². The maximum Gasteiger partial charge on any atom is 0.256 e. The van der Waals surface area contributed by atoms with Crippen LogP contribution in [0.4, 0.5) is 4.39 Å². The highest BCUT2D eigenvalue weighted by Crippen LogP contribution is 2.37. The average molecular weight is 364 g/mol. The van der Waals surface area contributed by atoms with Crippen LogP contribution in [0.5, 0.6) is 0 Å². The SMILES string of the molecule is O=C(NC1CCNCC1)c1cn(C2CC2)c2cc(Cl)c(F)cc2c1=O. The van der Waals surface area contributed by atoms with Crippen LogP contribution in [0.2, 0.25) is 5.02 Å². The summed E-state index contributed by atoms with van der Waals surface area (Å²) in [5, 5.41) is 6.36. The van der Waals surface area contributed by atoms with Gasteiger partial charge in [-0.05, 0) is 50.9 Å². The van der Waals surface area contributed by atoms with E-state index in [2.05, 4.69) is 10.6 Å². The Morgan fingerprint density at radius 1 is 1.24 bits per heavy atom. The molecule has 1 aromatic heterocycles. The van der Waals surface area contributed by atoms with Gasteiger partial charge < -0.3 is 15.2 Å². The van der Waals surface area contributed by atoms with Gasteiger partial charge >= 0.3 is 0 Å². The van der Waals surface area contributed by atoms with Crippen molar-refractivity contribution in [2.45, 2.75) is 37.8 Å². The molecule has 2 fully saturated rings. The van der Waals surface area contributed by atoms with Crippen molar-refractivity contribution in [3.8, 4) is 0 Å². The summed E-state index contributed by atoms with van der Waals surface area (Å²) in [6, 6.07) is 2.90.